The Labute approximate surface area is 122 Å². The first-order valence-electron chi connectivity index (χ1n) is 6.88. The molecular weight excluding hydrogens is 268 g/mol. The van der Waals surface area contributed by atoms with E-state index in [2.05, 4.69) is 5.16 Å². The van der Waals surface area contributed by atoms with E-state index in [-0.39, 0.29) is 5.91 Å². The fraction of sp³-hybridized carbons (Fsp3) is 0.250. The highest BCUT2D eigenvalue weighted by Crippen LogP contribution is 2.28. The third-order valence-electron chi connectivity index (χ3n) is 3.76. The van der Waals surface area contributed by atoms with Crippen LogP contribution < -0.4 is 4.90 Å². The lowest BCUT2D eigenvalue weighted by molar-refractivity contribution is 0.0985. The van der Waals surface area contributed by atoms with Gasteiger partial charge in [0.2, 0.25) is 0 Å². The highest BCUT2D eigenvalue weighted by Gasteiger charge is 2.26. The monoisotopic (exact) mass is 284 g/mol. The van der Waals surface area contributed by atoms with Gasteiger partial charge < -0.3 is 14.5 Å². The fourth-order valence-corrected chi connectivity index (χ4v) is 2.68. The van der Waals surface area contributed by atoms with Crippen molar-refractivity contribution < 1.29 is 14.4 Å². The van der Waals surface area contributed by atoms with Crippen LogP contribution in [-0.2, 0) is 0 Å². The molecular formula is C16H16N2O3. The molecule has 1 N–H and O–H groups in total. The molecule has 0 radical (unpaired) electrons. The van der Waals surface area contributed by atoms with Crippen LogP contribution in [0, 0.1) is 6.92 Å². The first kappa shape index (κ1) is 13.4. The molecule has 0 atom stereocenters. The Morgan fingerprint density at radius 1 is 1.33 bits per heavy atom. The Bertz CT molecular complexity index is 703. The molecule has 0 saturated carbocycles. The molecule has 0 spiro atoms. The van der Waals surface area contributed by atoms with E-state index in [0.717, 1.165) is 17.7 Å². The first-order chi connectivity index (χ1) is 10.2. The van der Waals surface area contributed by atoms with Crippen molar-refractivity contribution in [3.05, 3.63) is 53.5 Å². The molecule has 2 heterocycles. The average molecular weight is 284 g/mol. The minimum Gasteiger partial charge on any atom is -0.469 e. The van der Waals surface area contributed by atoms with Crippen LogP contribution in [0.15, 0.2) is 46.2 Å². The molecule has 0 unspecified atom stereocenters. The molecule has 21 heavy (non-hydrogen) atoms. The van der Waals surface area contributed by atoms with Crippen LogP contribution in [-0.4, -0.2) is 23.4 Å². The Morgan fingerprint density at radius 3 is 2.86 bits per heavy atom. The lowest BCUT2D eigenvalue weighted by Crippen LogP contribution is -2.31. The number of oxime groups is 1. The summed E-state index contributed by atoms with van der Waals surface area (Å²) in [4.78, 5) is 14.5. The molecule has 1 aromatic carbocycles. The molecule has 0 fully saturated rings. The van der Waals surface area contributed by atoms with Crippen molar-refractivity contribution >= 4 is 17.3 Å². The van der Waals surface area contributed by atoms with Gasteiger partial charge in [0.15, 0.2) is 0 Å². The molecule has 0 bridgehead atoms. The predicted octanol–water partition coefficient (Wildman–Crippen LogP) is 3.21. The smallest absolute Gasteiger partial charge is 0.261 e. The maximum absolute atomic E-state index is 12.8. The van der Waals surface area contributed by atoms with Gasteiger partial charge in [0, 0.05) is 12.1 Å². The van der Waals surface area contributed by atoms with E-state index >= 15 is 0 Å². The predicted molar refractivity (Wildman–Crippen MR) is 79.1 cm³/mol. The number of anilines is 1. The Morgan fingerprint density at radius 2 is 2.14 bits per heavy atom. The second kappa shape index (κ2) is 5.44. The fourth-order valence-electron chi connectivity index (χ4n) is 2.68. The number of hydrogen-bond donors (Lipinski definition) is 1. The lowest BCUT2D eigenvalue weighted by Gasteiger charge is -2.22. The van der Waals surface area contributed by atoms with Crippen molar-refractivity contribution in [2.75, 3.05) is 11.4 Å². The SMILES string of the molecule is Cc1occc1C(=O)N1CCC/C(=N/O)c2ccccc21. The maximum atomic E-state index is 12.8. The van der Waals surface area contributed by atoms with Crippen molar-refractivity contribution in [2.24, 2.45) is 5.16 Å². The van der Waals surface area contributed by atoms with Gasteiger partial charge in [-0.1, -0.05) is 23.4 Å². The van der Waals surface area contributed by atoms with Gasteiger partial charge in [-0.2, -0.15) is 0 Å². The van der Waals surface area contributed by atoms with Crippen molar-refractivity contribution in [3.8, 4) is 0 Å². The second-order valence-electron chi connectivity index (χ2n) is 5.01. The molecule has 108 valence electrons. The van der Waals surface area contributed by atoms with Crippen LogP contribution in [0.5, 0.6) is 0 Å². The highest BCUT2D eigenvalue weighted by molar-refractivity contribution is 6.13. The number of benzene rings is 1. The summed E-state index contributed by atoms with van der Waals surface area (Å²) in [6.07, 6.45) is 2.91. The molecule has 1 aliphatic rings. The van der Waals surface area contributed by atoms with Crippen LogP contribution >= 0.6 is 0 Å². The van der Waals surface area contributed by atoms with E-state index in [1.54, 1.807) is 17.9 Å². The quantitative estimate of drug-likeness (QED) is 0.646. The number of carbonyl (C=O) groups is 1. The number of para-hydroxylation sites is 1. The van der Waals surface area contributed by atoms with E-state index in [4.69, 9.17) is 4.42 Å². The van der Waals surface area contributed by atoms with Gasteiger partial charge in [0.05, 0.1) is 23.2 Å². The number of aryl methyl sites for hydroxylation is 1. The third kappa shape index (κ3) is 2.31. The van der Waals surface area contributed by atoms with Crippen LogP contribution in [0.25, 0.3) is 0 Å². The molecule has 5 heteroatoms. The largest absolute Gasteiger partial charge is 0.469 e. The number of furan rings is 1. The van der Waals surface area contributed by atoms with Crippen LogP contribution in [0.4, 0.5) is 5.69 Å². The molecule has 1 aromatic heterocycles. The number of fused-ring (bicyclic) bond motifs is 1. The maximum Gasteiger partial charge on any atom is 0.261 e. The topological polar surface area (TPSA) is 66.0 Å². The Balaban J connectivity index is 2.07. The van der Waals surface area contributed by atoms with Gasteiger partial charge in [0.25, 0.3) is 5.91 Å². The minimum absolute atomic E-state index is 0.0899. The summed E-state index contributed by atoms with van der Waals surface area (Å²) in [5.41, 5.74) is 2.75. The molecule has 5 nitrogen and oxygen atoms in total. The summed E-state index contributed by atoms with van der Waals surface area (Å²) in [7, 11) is 0. The van der Waals surface area contributed by atoms with Crippen molar-refractivity contribution in [1.82, 2.24) is 0 Å². The third-order valence-corrected chi connectivity index (χ3v) is 3.76. The van der Waals surface area contributed by atoms with Crippen LogP contribution in [0.1, 0.15) is 34.5 Å². The number of amides is 1. The van der Waals surface area contributed by atoms with Gasteiger partial charge in [-0.15, -0.1) is 0 Å². The molecule has 1 aliphatic heterocycles. The first-order valence-corrected chi connectivity index (χ1v) is 6.88. The Kier molecular flexibility index (Phi) is 3.48. The zero-order chi connectivity index (χ0) is 14.8. The van der Waals surface area contributed by atoms with E-state index in [0.29, 0.717) is 30.0 Å². The Hall–Kier alpha value is -2.56. The van der Waals surface area contributed by atoms with E-state index < -0.39 is 0 Å². The van der Waals surface area contributed by atoms with Gasteiger partial charge in [-0.3, -0.25) is 4.79 Å². The number of carbonyl (C=O) groups excluding carboxylic acids is 1. The van der Waals surface area contributed by atoms with Crippen LogP contribution in [0.2, 0.25) is 0 Å². The van der Waals surface area contributed by atoms with Crippen molar-refractivity contribution in [2.45, 2.75) is 19.8 Å². The summed E-state index contributed by atoms with van der Waals surface area (Å²) in [5.74, 6) is 0.519. The molecule has 3 rings (SSSR count). The number of hydrogen-bond acceptors (Lipinski definition) is 4. The summed E-state index contributed by atoms with van der Waals surface area (Å²) in [5, 5.41) is 12.6. The molecule has 2 aromatic rings. The number of nitrogens with zero attached hydrogens (tertiary/aromatic N) is 2. The molecule has 1 amide bonds. The van der Waals surface area contributed by atoms with E-state index in [9.17, 15) is 10.0 Å². The standard InChI is InChI=1S/C16H16N2O3/c1-11-12(8-10-21-11)16(19)18-9-4-6-14(17-20)13-5-2-3-7-15(13)18/h2-3,5,7-8,10,20H,4,6,9H2,1H3/b17-14-. The summed E-state index contributed by atoms with van der Waals surface area (Å²) < 4.78 is 5.23. The average Bonchev–Trinajstić information content (AvgIpc) is 2.84. The normalized spacial score (nSPS) is 16.6. The van der Waals surface area contributed by atoms with Gasteiger partial charge in [-0.25, -0.2) is 0 Å². The summed E-state index contributed by atoms with van der Waals surface area (Å²) in [6.45, 7) is 2.36. The second-order valence-corrected chi connectivity index (χ2v) is 5.01. The van der Waals surface area contributed by atoms with E-state index in [1.807, 2.05) is 24.3 Å². The van der Waals surface area contributed by atoms with Gasteiger partial charge in [0.1, 0.15) is 5.76 Å². The van der Waals surface area contributed by atoms with Crippen LogP contribution in [0.3, 0.4) is 0 Å². The zero-order valence-corrected chi connectivity index (χ0v) is 11.7. The number of rotatable bonds is 1. The van der Waals surface area contributed by atoms with Gasteiger partial charge in [-0.05, 0) is 31.9 Å². The van der Waals surface area contributed by atoms with E-state index in [1.165, 1.54) is 6.26 Å². The summed E-state index contributed by atoms with van der Waals surface area (Å²) >= 11 is 0. The molecule has 0 aliphatic carbocycles. The highest BCUT2D eigenvalue weighted by atomic mass is 16.4. The summed E-state index contributed by atoms with van der Waals surface area (Å²) in [6, 6.07) is 9.19. The zero-order valence-electron chi connectivity index (χ0n) is 11.7. The van der Waals surface area contributed by atoms with Crippen molar-refractivity contribution in [1.29, 1.82) is 0 Å². The van der Waals surface area contributed by atoms with Gasteiger partial charge >= 0.3 is 0 Å². The molecule has 0 saturated heterocycles. The van der Waals surface area contributed by atoms with Crippen molar-refractivity contribution in [3.63, 3.8) is 0 Å². The minimum atomic E-state index is -0.0899. The lowest BCUT2D eigenvalue weighted by atomic mass is 10.1.